The van der Waals surface area contributed by atoms with Gasteiger partial charge >= 0.3 is 6.03 Å². The molecule has 3 heterocycles. The lowest BCUT2D eigenvalue weighted by Gasteiger charge is -2.14. The lowest BCUT2D eigenvalue weighted by molar-refractivity contribution is -0.118. The molecule has 7 nitrogen and oxygen atoms in total. The van der Waals surface area contributed by atoms with Crippen LogP contribution < -0.4 is 20.3 Å². The highest BCUT2D eigenvalue weighted by Crippen LogP contribution is 2.40. The Hall–Kier alpha value is -2.74. The maximum Gasteiger partial charge on any atom is 0.329 e. The molecular formula is C19H20N4O3S. The van der Waals surface area contributed by atoms with Gasteiger partial charge in [-0.15, -0.1) is 0 Å². The van der Waals surface area contributed by atoms with Crippen molar-refractivity contribution in [1.82, 2.24) is 10.3 Å². The maximum atomic E-state index is 12.7. The first-order valence-corrected chi connectivity index (χ1v) is 10.2. The van der Waals surface area contributed by atoms with Gasteiger partial charge in [-0.25, -0.2) is 9.69 Å². The standard InChI is InChI=1S/C19H20N4O3S/c1-27-10-2-3-15-18(24)23(19(25)22-15)13-4-5-14-16(11-13)26-17(21-14)12-6-8-20-9-7-12/h4-9,11,15,17,21H,2-3,10H2,1H3,(H,22,25)/t15-,17+/m0/s1. The second-order valence-electron chi connectivity index (χ2n) is 6.41. The maximum absolute atomic E-state index is 12.7. The normalized spacial score (nSPS) is 20.9. The van der Waals surface area contributed by atoms with Crippen molar-refractivity contribution in [3.05, 3.63) is 48.3 Å². The zero-order valence-electron chi connectivity index (χ0n) is 14.8. The molecule has 3 amide bonds. The van der Waals surface area contributed by atoms with Crippen molar-refractivity contribution in [1.29, 1.82) is 0 Å². The van der Waals surface area contributed by atoms with E-state index >= 15 is 0 Å². The van der Waals surface area contributed by atoms with Crippen molar-refractivity contribution in [3.8, 4) is 5.75 Å². The molecular weight excluding hydrogens is 364 g/mol. The number of pyridine rings is 1. The minimum absolute atomic E-state index is 0.210. The Morgan fingerprint density at radius 2 is 2.00 bits per heavy atom. The van der Waals surface area contributed by atoms with Crippen molar-refractivity contribution in [3.63, 3.8) is 0 Å². The van der Waals surface area contributed by atoms with Crippen LogP contribution in [-0.2, 0) is 4.79 Å². The second-order valence-corrected chi connectivity index (χ2v) is 7.40. The summed E-state index contributed by atoms with van der Waals surface area (Å²) in [6.07, 6.45) is 6.66. The smallest absolute Gasteiger partial charge is 0.329 e. The Morgan fingerprint density at radius 3 is 2.78 bits per heavy atom. The number of thioether (sulfide) groups is 1. The summed E-state index contributed by atoms with van der Waals surface area (Å²) >= 11 is 1.73. The highest BCUT2D eigenvalue weighted by atomic mass is 32.2. The zero-order valence-corrected chi connectivity index (χ0v) is 15.7. The SMILES string of the molecule is CSCCC[C@@H]1NC(=O)N(c2ccc3c(c2)O[C@H](c2ccncc2)N3)C1=O. The third kappa shape index (κ3) is 3.44. The van der Waals surface area contributed by atoms with E-state index in [0.717, 1.165) is 23.4 Å². The third-order valence-corrected chi connectivity index (χ3v) is 5.32. The first kappa shape index (κ1) is 17.7. The number of benzene rings is 1. The Bertz CT molecular complexity index is 861. The number of hydrogen-bond donors (Lipinski definition) is 2. The predicted octanol–water partition coefficient (Wildman–Crippen LogP) is 3.15. The van der Waals surface area contributed by atoms with Crippen LogP contribution in [0, 0.1) is 0 Å². The number of aromatic nitrogens is 1. The van der Waals surface area contributed by atoms with E-state index in [9.17, 15) is 9.59 Å². The first-order chi connectivity index (χ1) is 13.2. The number of urea groups is 1. The molecule has 4 rings (SSSR count). The number of carbonyl (C=O) groups is 2. The topological polar surface area (TPSA) is 83.6 Å². The Balaban J connectivity index is 1.50. The number of anilines is 2. The molecule has 0 radical (unpaired) electrons. The molecule has 1 aromatic carbocycles. The molecule has 0 bridgehead atoms. The van der Waals surface area contributed by atoms with Gasteiger partial charge in [-0.1, -0.05) is 0 Å². The van der Waals surface area contributed by atoms with E-state index in [2.05, 4.69) is 15.6 Å². The van der Waals surface area contributed by atoms with Crippen molar-refractivity contribution in [2.45, 2.75) is 25.1 Å². The van der Waals surface area contributed by atoms with Crippen LogP contribution in [0.5, 0.6) is 5.75 Å². The van der Waals surface area contributed by atoms with Crippen LogP contribution in [0.1, 0.15) is 24.6 Å². The third-order valence-electron chi connectivity index (χ3n) is 4.62. The van der Waals surface area contributed by atoms with Gasteiger partial charge in [0.1, 0.15) is 11.8 Å². The fourth-order valence-electron chi connectivity index (χ4n) is 3.26. The van der Waals surface area contributed by atoms with Crippen molar-refractivity contribution in [2.24, 2.45) is 0 Å². The molecule has 140 valence electrons. The summed E-state index contributed by atoms with van der Waals surface area (Å²) in [6.45, 7) is 0. The van der Waals surface area contributed by atoms with Gasteiger partial charge in [-0.3, -0.25) is 9.78 Å². The van der Waals surface area contributed by atoms with Crippen molar-refractivity contribution >= 4 is 35.1 Å². The summed E-state index contributed by atoms with van der Waals surface area (Å²) in [5.74, 6) is 1.37. The van der Waals surface area contributed by atoms with Gasteiger partial charge in [-0.05, 0) is 49.1 Å². The van der Waals surface area contributed by atoms with E-state index < -0.39 is 6.04 Å². The quantitative estimate of drug-likeness (QED) is 0.588. The van der Waals surface area contributed by atoms with E-state index in [1.54, 1.807) is 36.3 Å². The van der Waals surface area contributed by atoms with Gasteiger partial charge in [0.25, 0.3) is 5.91 Å². The number of ether oxygens (including phenoxy) is 1. The number of carbonyl (C=O) groups excluding carboxylic acids is 2. The zero-order chi connectivity index (χ0) is 18.8. The van der Waals surface area contributed by atoms with Crippen molar-refractivity contribution < 1.29 is 14.3 Å². The highest BCUT2D eigenvalue weighted by Gasteiger charge is 2.39. The number of amides is 3. The summed E-state index contributed by atoms with van der Waals surface area (Å²) in [5.41, 5.74) is 2.29. The van der Waals surface area contributed by atoms with E-state index in [4.69, 9.17) is 4.74 Å². The summed E-state index contributed by atoms with van der Waals surface area (Å²) in [4.78, 5) is 30.2. The van der Waals surface area contributed by atoms with Gasteiger partial charge in [0.15, 0.2) is 6.23 Å². The summed E-state index contributed by atoms with van der Waals surface area (Å²) in [5, 5.41) is 6.06. The lowest BCUT2D eigenvalue weighted by Crippen LogP contribution is -2.31. The Labute approximate surface area is 161 Å². The Kier molecular flexibility index (Phi) is 4.89. The minimum Gasteiger partial charge on any atom is -0.464 e. The molecule has 1 saturated heterocycles. The number of nitrogens with zero attached hydrogens (tertiary/aromatic N) is 2. The molecule has 1 aromatic heterocycles. The van der Waals surface area contributed by atoms with Gasteiger partial charge in [0.2, 0.25) is 0 Å². The van der Waals surface area contributed by atoms with Crippen LogP contribution in [0.2, 0.25) is 0 Å². The fourth-order valence-corrected chi connectivity index (χ4v) is 3.71. The number of rotatable bonds is 6. The molecule has 0 aliphatic carbocycles. The van der Waals surface area contributed by atoms with Crippen LogP contribution in [0.15, 0.2) is 42.7 Å². The molecule has 1 fully saturated rings. The molecule has 27 heavy (non-hydrogen) atoms. The van der Waals surface area contributed by atoms with Crippen LogP contribution in [0.25, 0.3) is 0 Å². The second kappa shape index (κ2) is 7.48. The molecule has 2 atom stereocenters. The molecule has 2 aliphatic heterocycles. The first-order valence-electron chi connectivity index (χ1n) is 8.78. The number of imide groups is 1. The van der Waals surface area contributed by atoms with Gasteiger partial charge in [-0.2, -0.15) is 11.8 Å². The minimum atomic E-state index is -0.457. The summed E-state index contributed by atoms with van der Waals surface area (Å²) < 4.78 is 5.96. The van der Waals surface area contributed by atoms with Crippen LogP contribution in [-0.4, -0.2) is 35.0 Å². The average Bonchev–Trinajstić information content (AvgIpc) is 3.23. The van der Waals surface area contributed by atoms with Crippen molar-refractivity contribution in [2.75, 3.05) is 22.2 Å². The lowest BCUT2D eigenvalue weighted by atomic mass is 10.1. The molecule has 2 aromatic rings. The molecule has 0 saturated carbocycles. The largest absolute Gasteiger partial charge is 0.464 e. The van der Waals surface area contributed by atoms with Gasteiger partial charge in [0.05, 0.1) is 11.4 Å². The van der Waals surface area contributed by atoms with E-state index in [-0.39, 0.29) is 18.2 Å². The van der Waals surface area contributed by atoms with E-state index in [1.807, 2.05) is 24.5 Å². The monoisotopic (exact) mass is 384 g/mol. The number of nitrogens with one attached hydrogen (secondary N) is 2. The van der Waals surface area contributed by atoms with Gasteiger partial charge in [0, 0.05) is 24.0 Å². The number of fused-ring (bicyclic) bond motifs is 1. The average molecular weight is 384 g/mol. The van der Waals surface area contributed by atoms with Crippen LogP contribution >= 0.6 is 11.8 Å². The molecule has 0 spiro atoms. The molecule has 2 N–H and O–H groups in total. The molecule has 2 aliphatic rings. The number of hydrogen-bond acceptors (Lipinski definition) is 6. The fraction of sp³-hybridized carbons (Fsp3) is 0.316. The predicted molar refractivity (Wildman–Crippen MR) is 105 cm³/mol. The van der Waals surface area contributed by atoms with E-state index in [1.165, 1.54) is 4.90 Å². The summed E-state index contributed by atoms with van der Waals surface area (Å²) in [6, 6.07) is 8.22. The Morgan fingerprint density at radius 1 is 1.19 bits per heavy atom. The molecule has 0 unspecified atom stereocenters. The van der Waals surface area contributed by atoms with Gasteiger partial charge < -0.3 is 15.4 Å². The van der Waals surface area contributed by atoms with Crippen LogP contribution in [0.4, 0.5) is 16.2 Å². The highest BCUT2D eigenvalue weighted by molar-refractivity contribution is 7.98. The summed E-state index contributed by atoms with van der Waals surface area (Å²) in [7, 11) is 0. The van der Waals surface area contributed by atoms with Crippen LogP contribution in [0.3, 0.4) is 0 Å². The van der Waals surface area contributed by atoms with E-state index in [0.29, 0.717) is 17.9 Å². The molecule has 8 heteroatoms.